The molecular formula is C13H24N4OS3. The highest BCUT2D eigenvalue weighted by atomic mass is 32.2. The maximum absolute atomic E-state index is 11.6. The molecule has 0 radical (unpaired) electrons. The molecule has 0 bridgehead atoms. The van der Waals surface area contributed by atoms with E-state index in [4.69, 9.17) is 5.73 Å². The minimum absolute atomic E-state index is 0.239. The highest BCUT2D eigenvalue weighted by Crippen LogP contribution is 2.28. The fourth-order valence-corrected chi connectivity index (χ4v) is 4.49. The van der Waals surface area contributed by atoms with Crippen LogP contribution in [0.1, 0.15) is 40.0 Å². The van der Waals surface area contributed by atoms with E-state index in [0.717, 1.165) is 33.7 Å². The molecule has 0 aromatic carbocycles. The zero-order chi connectivity index (χ0) is 15.9. The SMILES string of the molecule is CSc1nnc(SCCCCC(C)(NC(C)C)C(N)=O)s1. The second-order valence-electron chi connectivity index (χ2n) is 5.34. The summed E-state index contributed by atoms with van der Waals surface area (Å²) in [4.78, 5) is 11.6. The topological polar surface area (TPSA) is 80.9 Å². The number of carbonyl (C=O) groups is 1. The van der Waals surface area contributed by atoms with E-state index in [1.165, 1.54) is 0 Å². The lowest BCUT2D eigenvalue weighted by molar-refractivity contribution is -0.124. The minimum atomic E-state index is -0.617. The van der Waals surface area contributed by atoms with E-state index in [2.05, 4.69) is 15.5 Å². The van der Waals surface area contributed by atoms with Gasteiger partial charge in [-0.3, -0.25) is 4.79 Å². The van der Waals surface area contributed by atoms with E-state index in [9.17, 15) is 4.79 Å². The van der Waals surface area contributed by atoms with Crippen molar-refractivity contribution in [1.82, 2.24) is 15.5 Å². The predicted molar refractivity (Wildman–Crippen MR) is 92.1 cm³/mol. The zero-order valence-corrected chi connectivity index (χ0v) is 15.5. The van der Waals surface area contributed by atoms with Gasteiger partial charge < -0.3 is 11.1 Å². The first-order valence-corrected chi connectivity index (χ1v) is 9.98. The molecule has 0 aliphatic heterocycles. The molecule has 1 unspecified atom stereocenters. The Hall–Kier alpha value is -0.310. The fraction of sp³-hybridized carbons (Fsp3) is 0.769. The van der Waals surface area contributed by atoms with Gasteiger partial charge in [0.25, 0.3) is 0 Å². The van der Waals surface area contributed by atoms with Crippen LogP contribution < -0.4 is 11.1 Å². The maximum Gasteiger partial charge on any atom is 0.237 e. The summed E-state index contributed by atoms with van der Waals surface area (Å²) in [7, 11) is 0. The maximum atomic E-state index is 11.6. The van der Waals surface area contributed by atoms with Gasteiger partial charge in [-0.15, -0.1) is 10.2 Å². The first-order valence-electron chi connectivity index (χ1n) is 6.95. The Morgan fingerprint density at radius 2 is 2.05 bits per heavy atom. The summed E-state index contributed by atoms with van der Waals surface area (Å²) < 4.78 is 2.01. The Balaban J connectivity index is 2.29. The van der Waals surface area contributed by atoms with Gasteiger partial charge in [0.05, 0.1) is 5.54 Å². The van der Waals surface area contributed by atoms with E-state index >= 15 is 0 Å². The number of amides is 1. The van der Waals surface area contributed by atoms with Crippen LogP contribution in [0.4, 0.5) is 0 Å². The number of hydrogen-bond acceptors (Lipinski definition) is 7. The molecule has 5 nitrogen and oxygen atoms in total. The van der Waals surface area contributed by atoms with Crippen LogP contribution >= 0.6 is 34.9 Å². The summed E-state index contributed by atoms with van der Waals surface area (Å²) in [6, 6.07) is 0.239. The van der Waals surface area contributed by atoms with E-state index in [1.54, 1.807) is 34.9 Å². The van der Waals surface area contributed by atoms with Crippen molar-refractivity contribution in [2.75, 3.05) is 12.0 Å². The summed E-state index contributed by atoms with van der Waals surface area (Å²) in [5.74, 6) is 0.706. The average molecular weight is 349 g/mol. The lowest BCUT2D eigenvalue weighted by Gasteiger charge is -2.29. The summed E-state index contributed by atoms with van der Waals surface area (Å²) in [5.41, 5.74) is 4.90. The molecule has 21 heavy (non-hydrogen) atoms. The second-order valence-corrected chi connectivity index (χ2v) is 8.71. The smallest absolute Gasteiger partial charge is 0.237 e. The van der Waals surface area contributed by atoms with Crippen molar-refractivity contribution >= 4 is 40.8 Å². The summed E-state index contributed by atoms with van der Waals surface area (Å²) in [6.07, 6.45) is 4.75. The van der Waals surface area contributed by atoms with Crippen molar-refractivity contribution in [2.24, 2.45) is 5.73 Å². The molecule has 1 heterocycles. The third-order valence-electron chi connectivity index (χ3n) is 3.01. The molecule has 1 aromatic heterocycles. The van der Waals surface area contributed by atoms with Gasteiger partial charge in [0.1, 0.15) is 0 Å². The molecule has 0 fully saturated rings. The highest BCUT2D eigenvalue weighted by Gasteiger charge is 2.30. The molecular weight excluding hydrogens is 324 g/mol. The summed E-state index contributed by atoms with van der Waals surface area (Å²) >= 11 is 4.97. The Morgan fingerprint density at radius 1 is 1.38 bits per heavy atom. The third-order valence-corrected chi connectivity index (χ3v) is 6.13. The van der Waals surface area contributed by atoms with Gasteiger partial charge in [-0.1, -0.05) is 41.3 Å². The Bertz CT molecular complexity index is 452. The monoisotopic (exact) mass is 348 g/mol. The lowest BCUT2D eigenvalue weighted by Crippen LogP contribution is -2.55. The number of primary amides is 1. The second kappa shape index (κ2) is 8.97. The van der Waals surface area contributed by atoms with Gasteiger partial charge in [0.15, 0.2) is 8.68 Å². The number of unbranched alkanes of at least 4 members (excludes halogenated alkanes) is 1. The quantitative estimate of drug-likeness (QED) is 0.500. The average Bonchev–Trinajstić information content (AvgIpc) is 2.85. The summed E-state index contributed by atoms with van der Waals surface area (Å²) in [5, 5.41) is 11.5. The molecule has 0 spiro atoms. The van der Waals surface area contributed by atoms with Crippen molar-refractivity contribution in [2.45, 2.75) is 60.3 Å². The Kier molecular flexibility index (Phi) is 8.00. The van der Waals surface area contributed by atoms with Crippen molar-refractivity contribution in [1.29, 1.82) is 0 Å². The number of nitrogens with one attached hydrogen (secondary N) is 1. The number of thioether (sulfide) groups is 2. The van der Waals surface area contributed by atoms with Crippen molar-refractivity contribution in [3.05, 3.63) is 0 Å². The number of nitrogens with two attached hydrogens (primary N) is 1. The Morgan fingerprint density at radius 3 is 2.57 bits per heavy atom. The van der Waals surface area contributed by atoms with Crippen LogP contribution in [0.2, 0.25) is 0 Å². The highest BCUT2D eigenvalue weighted by molar-refractivity contribution is 8.02. The molecule has 0 aliphatic carbocycles. The first kappa shape index (κ1) is 18.7. The molecule has 1 atom stereocenters. The van der Waals surface area contributed by atoms with Gasteiger partial charge in [0.2, 0.25) is 5.91 Å². The molecule has 0 saturated heterocycles. The van der Waals surface area contributed by atoms with E-state index in [1.807, 2.05) is 27.0 Å². The van der Waals surface area contributed by atoms with Gasteiger partial charge >= 0.3 is 0 Å². The molecule has 1 aromatic rings. The molecule has 8 heteroatoms. The Labute approximate surface area is 139 Å². The van der Waals surface area contributed by atoms with E-state index < -0.39 is 5.54 Å². The molecule has 1 amide bonds. The zero-order valence-electron chi connectivity index (χ0n) is 13.0. The number of hydrogen-bond donors (Lipinski definition) is 2. The molecule has 0 aliphatic rings. The first-order chi connectivity index (χ1) is 9.87. The van der Waals surface area contributed by atoms with E-state index in [-0.39, 0.29) is 11.9 Å². The van der Waals surface area contributed by atoms with Crippen LogP contribution in [0.25, 0.3) is 0 Å². The van der Waals surface area contributed by atoms with Crippen molar-refractivity contribution in [3.63, 3.8) is 0 Å². The fourth-order valence-electron chi connectivity index (χ4n) is 1.98. The van der Waals surface area contributed by atoms with Crippen molar-refractivity contribution in [3.8, 4) is 0 Å². The number of carbonyl (C=O) groups excluding carboxylic acids is 1. The van der Waals surface area contributed by atoms with Crippen LogP contribution in [-0.2, 0) is 4.79 Å². The number of rotatable bonds is 10. The van der Waals surface area contributed by atoms with Gasteiger partial charge in [0, 0.05) is 11.8 Å². The van der Waals surface area contributed by atoms with Crippen LogP contribution in [-0.4, -0.2) is 39.7 Å². The number of nitrogens with zero attached hydrogens (tertiary/aromatic N) is 2. The van der Waals surface area contributed by atoms with E-state index in [0.29, 0.717) is 0 Å². The third kappa shape index (κ3) is 6.54. The number of aromatic nitrogens is 2. The van der Waals surface area contributed by atoms with Crippen LogP contribution in [0, 0.1) is 0 Å². The lowest BCUT2D eigenvalue weighted by atomic mass is 9.93. The largest absolute Gasteiger partial charge is 0.368 e. The molecule has 1 rings (SSSR count). The standard InChI is InChI=1S/C13H24N4OS3/c1-9(2)15-13(3,10(14)18)7-5-6-8-20-12-17-16-11(19-4)21-12/h9,15H,5-8H2,1-4H3,(H2,14,18). The predicted octanol–water partition coefficient (Wildman–Crippen LogP) is 2.76. The van der Waals surface area contributed by atoms with Crippen LogP contribution in [0.3, 0.4) is 0 Å². The van der Waals surface area contributed by atoms with Gasteiger partial charge in [-0.05, 0) is 39.9 Å². The van der Waals surface area contributed by atoms with Gasteiger partial charge in [-0.2, -0.15) is 0 Å². The van der Waals surface area contributed by atoms with Crippen LogP contribution in [0.15, 0.2) is 8.68 Å². The minimum Gasteiger partial charge on any atom is -0.368 e. The molecule has 120 valence electrons. The van der Waals surface area contributed by atoms with Crippen molar-refractivity contribution < 1.29 is 4.79 Å². The normalized spacial score (nSPS) is 14.3. The molecule has 3 N–H and O–H groups in total. The molecule has 0 saturated carbocycles. The van der Waals surface area contributed by atoms with Crippen LogP contribution in [0.5, 0.6) is 0 Å². The summed E-state index contributed by atoms with van der Waals surface area (Å²) in [6.45, 7) is 5.93. The van der Waals surface area contributed by atoms with Gasteiger partial charge in [-0.25, -0.2) is 0 Å².